The molecule has 2 heteroatoms. The van der Waals surface area contributed by atoms with Gasteiger partial charge in [-0.15, -0.1) is 0 Å². The molecule has 98 valence electrons. The second-order valence-electron chi connectivity index (χ2n) is 4.72. The lowest BCUT2D eigenvalue weighted by atomic mass is 10.1. The molecule has 2 nitrogen and oxygen atoms in total. The van der Waals surface area contributed by atoms with E-state index in [2.05, 4.69) is 25.1 Å². The van der Waals surface area contributed by atoms with Gasteiger partial charge >= 0.3 is 0 Å². The Hall–Kier alpha value is -1.44. The minimum absolute atomic E-state index is 0.347. The fraction of sp³-hybridized carbons (Fsp3) is 0.500. The lowest BCUT2D eigenvalue weighted by Gasteiger charge is -1.98. The lowest BCUT2D eigenvalue weighted by molar-refractivity contribution is 0.174. The van der Waals surface area contributed by atoms with Crippen LogP contribution in [0.3, 0.4) is 0 Å². The molecule has 0 unspecified atom stereocenters. The molecule has 0 atom stereocenters. The first-order valence-corrected chi connectivity index (χ1v) is 6.96. The van der Waals surface area contributed by atoms with Gasteiger partial charge in [-0.3, -0.25) is 0 Å². The summed E-state index contributed by atoms with van der Waals surface area (Å²) in [6.07, 6.45) is 12.3. The van der Waals surface area contributed by atoms with Crippen LogP contribution in [0, 0.1) is 0 Å². The Labute approximate surface area is 110 Å². The van der Waals surface area contributed by atoms with Crippen LogP contribution in [0.5, 0.6) is 11.5 Å². The number of ether oxygens (including phenoxy) is 2. The van der Waals surface area contributed by atoms with Crippen LogP contribution in [0.2, 0.25) is 0 Å². The quantitative estimate of drug-likeness (QED) is 0.644. The van der Waals surface area contributed by atoms with Crippen LogP contribution in [0.1, 0.15) is 51.0 Å². The number of rotatable bonds is 7. The van der Waals surface area contributed by atoms with Crippen molar-refractivity contribution in [2.75, 3.05) is 6.79 Å². The summed E-state index contributed by atoms with van der Waals surface area (Å²) >= 11 is 0. The predicted molar refractivity (Wildman–Crippen MR) is 75.0 cm³/mol. The zero-order chi connectivity index (χ0) is 12.6. The van der Waals surface area contributed by atoms with Gasteiger partial charge < -0.3 is 9.47 Å². The van der Waals surface area contributed by atoms with Crippen molar-refractivity contribution in [2.24, 2.45) is 0 Å². The third kappa shape index (κ3) is 3.80. The van der Waals surface area contributed by atoms with Gasteiger partial charge in [0.2, 0.25) is 6.79 Å². The second kappa shape index (κ2) is 7.10. The van der Waals surface area contributed by atoms with E-state index in [1.165, 1.54) is 37.7 Å². The maximum atomic E-state index is 5.35. The molecule has 1 aromatic carbocycles. The zero-order valence-electron chi connectivity index (χ0n) is 11.2. The SMILES string of the molecule is CCCCCCCC=Cc1ccc2c(c1)OCO2. The predicted octanol–water partition coefficient (Wildman–Crippen LogP) is 4.79. The van der Waals surface area contributed by atoms with E-state index in [4.69, 9.17) is 9.47 Å². The Kier molecular flexibility index (Phi) is 5.13. The van der Waals surface area contributed by atoms with Crippen LogP contribution in [0.4, 0.5) is 0 Å². The fourth-order valence-electron chi connectivity index (χ4n) is 2.10. The summed E-state index contributed by atoms with van der Waals surface area (Å²) in [5, 5.41) is 0. The smallest absolute Gasteiger partial charge is 0.231 e. The second-order valence-corrected chi connectivity index (χ2v) is 4.72. The summed E-state index contributed by atoms with van der Waals surface area (Å²) in [5.41, 5.74) is 1.19. The molecule has 0 spiro atoms. The molecule has 0 N–H and O–H groups in total. The first-order chi connectivity index (χ1) is 8.90. The van der Waals surface area contributed by atoms with E-state index in [0.29, 0.717) is 6.79 Å². The van der Waals surface area contributed by atoms with E-state index >= 15 is 0 Å². The van der Waals surface area contributed by atoms with E-state index in [1.54, 1.807) is 0 Å². The van der Waals surface area contributed by atoms with Crippen molar-refractivity contribution in [2.45, 2.75) is 45.4 Å². The summed E-state index contributed by atoms with van der Waals surface area (Å²) in [6.45, 7) is 2.60. The third-order valence-electron chi connectivity index (χ3n) is 3.18. The highest BCUT2D eigenvalue weighted by atomic mass is 16.7. The first kappa shape index (κ1) is 13.0. The van der Waals surface area contributed by atoms with Gasteiger partial charge in [-0.25, -0.2) is 0 Å². The van der Waals surface area contributed by atoms with Crippen LogP contribution in [0.25, 0.3) is 6.08 Å². The molecule has 1 aliphatic heterocycles. The molecule has 0 saturated heterocycles. The molecule has 0 radical (unpaired) electrons. The fourth-order valence-corrected chi connectivity index (χ4v) is 2.10. The molecule has 1 heterocycles. The highest BCUT2D eigenvalue weighted by Crippen LogP contribution is 2.32. The van der Waals surface area contributed by atoms with Crippen molar-refractivity contribution >= 4 is 6.08 Å². The van der Waals surface area contributed by atoms with Crippen molar-refractivity contribution < 1.29 is 9.47 Å². The molecule has 0 aromatic heterocycles. The molecule has 1 aromatic rings. The van der Waals surface area contributed by atoms with Crippen LogP contribution < -0.4 is 9.47 Å². The third-order valence-corrected chi connectivity index (χ3v) is 3.18. The summed E-state index contributed by atoms with van der Waals surface area (Å²) in [5.74, 6) is 1.71. The maximum Gasteiger partial charge on any atom is 0.231 e. The summed E-state index contributed by atoms with van der Waals surface area (Å²) in [6, 6.07) is 6.08. The number of unbranched alkanes of at least 4 members (excludes halogenated alkanes) is 5. The van der Waals surface area contributed by atoms with Crippen molar-refractivity contribution in [3.63, 3.8) is 0 Å². The van der Waals surface area contributed by atoms with Gasteiger partial charge in [0.1, 0.15) is 0 Å². The molecular formula is C16H22O2. The van der Waals surface area contributed by atoms with Crippen LogP contribution >= 0.6 is 0 Å². The Morgan fingerprint density at radius 2 is 1.89 bits per heavy atom. The Morgan fingerprint density at radius 3 is 2.78 bits per heavy atom. The molecule has 0 bridgehead atoms. The van der Waals surface area contributed by atoms with E-state index < -0.39 is 0 Å². The molecule has 18 heavy (non-hydrogen) atoms. The summed E-state index contributed by atoms with van der Waals surface area (Å²) < 4.78 is 10.6. The Balaban J connectivity index is 1.72. The normalized spacial score (nSPS) is 13.4. The number of allylic oxidation sites excluding steroid dienone is 1. The molecule has 0 aliphatic carbocycles. The Bertz CT molecular complexity index is 396. The number of benzene rings is 1. The van der Waals surface area contributed by atoms with Crippen molar-refractivity contribution in [1.82, 2.24) is 0 Å². The molecule has 2 rings (SSSR count). The molecule has 0 amide bonds. The minimum atomic E-state index is 0.347. The van der Waals surface area contributed by atoms with E-state index in [-0.39, 0.29) is 0 Å². The monoisotopic (exact) mass is 246 g/mol. The van der Waals surface area contributed by atoms with E-state index in [0.717, 1.165) is 17.9 Å². The molecule has 1 aliphatic rings. The van der Waals surface area contributed by atoms with E-state index in [1.807, 2.05) is 12.1 Å². The van der Waals surface area contributed by atoms with Crippen molar-refractivity contribution in [1.29, 1.82) is 0 Å². The Morgan fingerprint density at radius 1 is 1.06 bits per heavy atom. The number of hydrogen-bond acceptors (Lipinski definition) is 2. The van der Waals surface area contributed by atoms with Crippen molar-refractivity contribution in [3.8, 4) is 11.5 Å². The zero-order valence-corrected chi connectivity index (χ0v) is 11.2. The highest BCUT2D eigenvalue weighted by molar-refractivity contribution is 5.56. The van der Waals surface area contributed by atoms with Gasteiger partial charge in [0.25, 0.3) is 0 Å². The average Bonchev–Trinajstić information content (AvgIpc) is 2.85. The van der Waals surface area contributed by atoms with Crippen LogP contribution in [-0.4, -0.2) is 6.79 Å². The number of hydrogen-bond donors (Lipinski definition) is 0. The largest absolute Gasteiger partial charge is 0.454 e. The van der Waals surface area contributed by atoms with Gasteiger partial charge in [-0.1, -0.05) is 50.8 Å². The van der Waals surface area contributed by atoms with E-state index in [9.17, 15) is 0 Å². The minimum Gasteiger partial charge on any atom is -0.454 e. The topological polar surface area (TPSA) is 18.5 Å². The van der Waals surface area contributed by atoms with Gasteiger partial charge in [0, 0.05) is 0 Å². The summed E-state index contributed by atoms with van der Waals surface area (Å²) in [7, 11) is 0. The number of fused-ring (bicyclic) bond motifs is 1. The van der Waals surface area contributed by atoms with Gasteiger partial charge in [0.15, 0.2) is 11.5 Å². The van der Waals surface area contributed by atoms with Gasteiger partial charge in [-0.05, 0) is 30.5 Å². The van der Waals surface area contributed by atoms with Crippen LogP contribution in [0.15, 0.2) is 24.3 Å². The molecule has 0 fully saturated rings. The molecule has 0 saturated carbocycles. The standard InChI is InChI=1S/C16H22O2/c1-2-3-4-5-6-7-8-9-14-10-11-15-16(12-14)18-13-17-15/h8-12H,2-7,13H2,1H3. The summed E-state index contributed by atoms with van der Waals surface area (Å²) in [4.78, 5) is 0. The van der Waals surface area contributed by atoms with Crippen molar-refractivity contribution in [3.05, 3.63) is 29.8 Å². The highest BCUT2D eigenvalue weighted by Gasteiger charge is 2.11. The lowest BCUT2D eigenvalue weighted by Crippen LogP contribution is -1.92. The van der Waals surface area contributed by atoms with Gasteiger partial charge in [-0.2, -0.15) is 0 Å². The average molecular weight is 246 g/mol. The van der Waals surface area contributed by atoms with Crippen LogP contribution in [-0.2, 0) is 0 Å². The first-order valence-electron chi connectivity index (χ1n) is 6.96. The molecular weight excluding hydrogens is 224 g/mol. The maximum absolute atomic E-state index is 5.35. The van der Waals surface area contributed by atoms with Gasteiger partial charge in [0.05, 0.1) is 0 Å².